The van der Waals surface area contributed by atoms with Gasteiger partial charge in [0, 0.05) is 49.6 Å². The van der Waals surface area contributed by atoms with E-state index in [2.05, 4.69) is 20.8 Å². The molecule has 3 rings (SSSR count). The summed E-state index contributed by atoms with van der Waals surface area (Å²) >= 11 is 0. The van der Waals surface area contributed by atoms with Crippen molar-refractivity contribution in [3.05, 3.63) is 41.0 Å². The zero-order valence-corrected chi connectivity index (χ0v) is 13.3. The third-order valence-corrected chi connectivity index (χ3v) is 3.76. The van der Waals surface area contributed by atoms with Gasteiger partial charge in [0.05, 0.1) is 6.61 Å². The second-order valence-corrected chi connectivity index (χ2v) is 5.40. The van der Waals surface area contributed by atoms with Crippen LogP contribution in [-0.2, 0) is 17.7 Å². The Kier molecular flexibility index (Phi) is 5.07. The van der Waals surface area contributed by atoms with Crippen LogP contribution in [0.3, 0.4) is 0 Å². The number of aromatic nitrogens is 2. The first-order valence-corrected chi connectivity index (χ1v) is 7.68. The number of aromatic amines is 1. The molecule has 0 aliphatic carbocycles. The van der Waals surface area contributed by atoms with Gasteiger partial charge in [0.25, 0.3) is 5.91 Å². The van der Waals surface area contributed by atoms with Gasteiger partial charge >= 0.3 is 0 Å². The summed E-state index contributed by atoms with van der Waals surface area (Å²) in [6.07, 6.45) is 0.803. The molecule has 1 aromatic heterocycles. The molecule has 1 amide bonds. The Labute approximate surface area is 138 Å². The van der Waals surface area contributed by atoms with Crippen molar-refractivity contribution in [3.8, 4) is 5.75 Å². The minimum atomic E-state index is -0.547. The molecule has 0 saturated carbocycles. The number of fused-ring (bicyclic) bond motifs is 1. The third-order valence-electron chi connectivity index (χ3n) is 3.76. The zero-order valence-electron chi connectivity index (χ0n) is 13.3. The van der Waals surface area contributed by atoms with E-state index in [1.807, 2.05) is 0 Å². The quantitative estimate of drug-likeness (QED) is 0.696. The van der Waals surface area contributed by atoms with E-state index in [0.29, 0.717) is 24.5 Å². The highest BCUT2D eigenvalue weighted by Gasteiger charge is 2.21. The molecule has 1 aliphatic heterocycles. The molecule has 8 heteroatoms. The highest BCUT2D eigenvalue weighted by atomic mass is 19.1. The van der Waals surface area contributed by atoms with Crippen LogP contribution < -0.4 is 15.4 Å². The van der Waals surface area contributed by atoms with E-state index in [-0.39, 0.29) is 18.3 Å². The van der Waals surface area contributed by atoms with Gasteiger partial charge in [-0.1, -0.05) is 0 Å². The molecule has 1 aliphatic rings. The van der Waals surface area contributed by atoms with Gasteiger partial charge < -0.3 is 20.1 Å². The second-order valence-electron chi connectivity index (χ2n) is 5.40. The van der Waals surface area contributed by atoms with E-state index in [9.17, 15) is 9.18 Å². The van der Waals surface area contributed by atoms with Crippen LogP contribution in [0, 0.1) is 5.82 Å². The molecular weight excluding hydrogens is 315 g/mol. The Morgan fingerprint density at radius 3 is 3.08 bits per heavy atom. The number of rotatable bonds is 6. The van der Waals surface area contributed by atoms with Crippen LogP contribution in [0.2, 0.25) is 0 Å². The smallest absolute Gasteiger partial charge is 0.276 e. The van der Waals surface area contributed by atoms with Crippen LogP contribution in [0.5, 0.6) is 5.75 Å². The Hall–Kier alpha value is -2.45. The first-order chi connectivity index (χ1) is 11.7. The maximum absolute atomic E-state index is 14.0. The minimum absolute atomic E-state index is 0.117. The lowest BCUT2D eigenvalue weighted by Crippen LogP contribution is -2.25. The second kappa shape index (κ2) is 7.41. The van der Waals surface area contributed by atoms with Gasteiger partial charge in [-0.3, -0.25) is 9.89 Å². The first-order valence-electron chi connectivity index (χ1n) is 7.68. The van der Waals surface area contributed by atoms with Crippen molar-refractivity contribution >= 4 is 11.6 Å². The Balaban J connectivity index is 1.68. The van der Waals surface area contributed by atoms with Crippen molar-refractivity contribution in [1.82, 2.24) is 15.5 Å². The number of benzene rings is 1. The molecule has 0 saturated heterocycles. The van der Waals surface area contributed by atoms with Crippen molar-refractivity contribution in [1.29, 1.82) is 0 Å². The maximum atomic E-state index is 14.0. The van der Waals surface area contributed by atoms with Gasteiger partial charge in [-0.25, -0.2) is 4.39 Å². The summed E-state index contributed by atoms with van der Waals surface area (Å²) in [5.41, 5.74) is 2.50. The standard InChI is InChI=1S/C16H19FN4O3/c1-23-6-7-24-14-3-2-10(8-12(14)17)19-16(22)15-11-9-18-5-4-13(11)20-21-15/h2-3,8,18H,4-7,9H2,1H3,(H,19,22)(H,20,21). The van der Waals surface area contributed by atoms with Gasteiger partial charge in [-0.2, -0.15) is 5.10 Å². The van der Waals surface area contributed by atoms with Gasteiger partial charge in [0.2, 0.25) is 0 Å². The predicted molar refractivity (Wildman–Crippen MR) is 85.7 cm³/mol. The molecule has 0 radical (unpaired) electrons. The fourth-order valence-electron chi connectivity index (χ4n) is 2.53. The summed E-state index contributed by atoms with van der Waals surface area (Å²) in [6.45, 7) is 2.07. The minimum Gasteiger partial charge on any atom is -0.488 e. The highest BCUT2D eigenvalue weighted by molar-refractivity contribution is 6.04. The molecule has 1 aromatic carbocycles. The Morgan fingerprint density at radius 1 is 1.42 bits per heavy atom. The summed E-state index contributed by atoms with van der Waals surface area (Å²) in [4.78, 5) is 12.4. The van der Waals surface area contributed by atoms with E-state index in [4.69, 9.17) is 9.47 Å². The Morgan fingerprint density at radius 2 is 2.29 bits per heavy atom. The number of ether oxygens (including phenoxy) is 2. The van der Waals surface area contributed by atoms with Crippen LogP contribution in [0.25, 0.3) is 0 Å². The molecule has 0 spiro atoms. The molecular formula is C16H19FN4O3. The average molecular weight is 334 g/mol. The number of carbonyl (C=O) groups excluding carboxylic acids is 1. The van der Waals surface area contributed by atoms with E-state index in [1.54, 1.807) is 13.2 Å². The number of carbonyl (C=O) groups is 1. The molecule has 0 bridgehead atoms. The van der Waals surface area contributed by atoms with Crippen molar-refractivity contribution < 1.29 is 18.7 Å². The molecule has 0 unspecified atom stereocenters. The number of halogens is 1. The van der Waals surface area contributed by atoms with E-state index in [0.717, 1.165) is 24.2 Å². The number of anilines is 1. The lowest BCUT2D eigenvalue weighted by atomic mass is 10.1. The molecule has 3 N–H and O–H groups in total. The van der Waals surface area contributed by atoms with Crippen molar-refractivity contribution in [2.45, 2.75) is 13.0 Å². The van der Waals surface area contributed by atoms with Crippen LogP contribution >= 0.6 is 0 Å². The summed E-state index contributed by atoms with van der Waals surface area (Å²) in [5.74, 6) is -0.801. The third kappa shape index (κ3) is 3.55. The lowest BCUT2D eigenvalue weighted by Gasteiger charge is -2.13. The average Bonchev–Trinajstić information content (AvgIpc) is 3.01. The fraction of sp³-hybridized carbons (Fsp3) is 0.375. The van der Waals surface area contributed by atoms with Gasteiger partial charge in [-0.05, 0) is 12.1 Å². The van der Waals surface area contributed by atoms with Crippen LogP contribution in [0.4, 0.5) is 10.1 Å². The van der Waals surface area contributed by atoms with E-state index >= 15 is 0 Å². The number of nitrogens with zero attached hydrogens (tertiary/aromatic N) is 1. The molecule has 2 heterocycles. The van der Waals surface area contributed by atoms with Crippen LogP contribution in [0.15, 0.2) is 18.2 Å². The molecule has 128 valence electrons. The number of H-pyrrole nitrogens is 1. The van der Waals surface area contributed by atoms with Crippen LogP contribution in [0.1, 0.15) is 21.7 Å². The topological polar surface area (TPSA) is 88.3 Å². The Bertz CT molecular complexity index is 732. The molecule has 7 nitrogen and oxygen atoms in total. The number of methoxy groups -OCH3 is 1. The van der Waals surface area contributed by atoms with Gasteiger partial charge in [-0.15, -0.1) is 0 Å². The first kappa shape index (κ1) is 16.4. The predicted octanol–water partition coefficient (Wildman–Crippen LogP) is 1.47. The number of hydrogen-bond donors (Lipinski definition) is 3. The fourth-order valence-corrected chi connectivity index (χ4v) is 2.53. The normalized spacial score (nSPS) is 13.4. The number of nitrogens with one attached hydrogen (secondary N) is 3. The number of amides is 1. The van der Waals surface area contributed by atoms with Crippen LogP contribution in [-0.4, -0.2) is 43.0 Å². The highest BCUT2D eigenvalue weighted by Crippen LogP contribution is 2.22. The van der Waals surface area contributed by atoms with Gasteiger partial charge in [0.1, 0.15) is 6.61 Å². The molecule has 2 aromatic rings. The van der Waals surface area contributed by atoms with Crippen molar-refractivity contribution in [2.75, 3.05) is 32.2 Å². The summed E-state index contributed by atoms with van der Waals surface area (Å²) in [5, 5.41) is 12.8. The SMILES string of the molecule is COCCOc1ccc(NC(=O)c2n[nH]c3c2CNCC3)cc1F. The van der Waals surface area contributed by atoms with Crippen molar-refractivity contribution in [2.24, 2.45) is 0 Å². The molecule has 0 fully saturated rings. The molecule has 0 atom stereocenters. The molecule has 24 heavy (non-hydrogen) atoms. The monoisotopic (exact) mass is 334 g/mol. The summed E-state index contributed by atoms with van der Waals surface area (Å²) in [6, 6.07) is 4.28. The number of hydrogen-bond acceptors (Lipinski definition) is 5. The maximum Gasteiger partial charge on any atom is 0.276 e. The van der Waals surface area contributed by atoms with Crippen molar-refractivity contribution in [3.63, 3.8) is 0 Å². The zero-order chi connectivity index (χ0) is 16.9. The van der Waals surface area contributed by atoms with Gasteiger partial charge in [0.15, 0.2) is 17.3 Å². The van der Waals surface area contributed by atoms with E-state index in [1.165, 1.54) is 12.1 Å². The largest absolute Gasteiger partial charge is 0.488 e. The van der Waals surface area contributed by atoms with E-state index < -0.39 is 5.82 Å². The summed E-state index contributed by atoms with van der Waals surface area (Å²) < 4.78 is 24.1. The summed E-state index contributed by atoms with van der Waals surface area (Å²) in [7, 11) is 1.54. The lowest BCUT2D eigenvalue weighted by molar-refractivity contribution is 0.102.